The number of aromatic nitrogens is 2. The van der Waals surface area contributed by atoms with E-state index in [2.05, 4.69) is 10.9 Å². The van der Waals surface area contributed by atoms with Crippen LogP contribution in [0, 0.1) is 17.8 Å². The SMILES string of the molecule is Cl.FC(F)(F)Oc1cccc(-c2csc3nc(C45CC6CC(CC(C6)C4)C5)cn23)c1. The Hall–Kier alpha value is -1.73. The monoisotopic (exact) mass is 454 g/mol. The number of halogens is 4. The minimum Gasteiger partial charge on any atom is -0.406 e. The maximum absolute atomic E-state index is 12.6. The summed E-state index contributed by atoms with van der Waals surface area (Å²) in [6, 6.07) is 6.18. The van der Waals surface area contributed by atoms with E-state index in [0.29, 0.717) is 5.56 Å². The number of imidazole rings is 1. The normalized spacial score (nSPS) is 29.9. The van der Waals surface area contributed by atoms with Gasteiger partial charge in [-0.2, -0.15) is 0 Å². The van der Waals surface area contributed by atoms with Gasteiger partial charge in [-0.15, -0.1) is 36.9 Å². The minimum absolute atomic E-state index is 0. The van der Waals surface area contributed by atoms with Gasteiger partial charge in [0.15, 0.2) is 4.96 Å². The number of benzene rings is 1. The number of fused-ring (bicyclic) bond motifs is 1. The van der Waals surface area contributed by atoms with Crippen molar-refractivity contribution in [3.05, 3.63) is 41.5 Å². The molecule has 0 N–H and O–H groups in total. The Morgan fingerprint density at radius 1 is 1.07 bits per heavy atom. The molecule has 2 heterocycles. The maximum atomic E-state index is 12.6. The average molecular weight is 455 g/mol. The van der Waals surface area contributed by atoms with Gasteiger partial charge in [0.1, 0.15) is 5.75 Å². The van der Waals surface area contributed by atoms with Gasteiger partial charge in [0.25, 0.3) is 0 Å². The average Bonchev–Trinajstić information content (AvgIpc) is 3.20. The third-order valence-corrected chi connectivity index (χ3v) is 7.99. The molecule has 3 aromatic rings. The van der Waals surface area contributed by atoms with E-state index in [4.69, 9.17) is 4.98 Å². The summed E-state index contributed by atoms with van der Waals surface area (Å²) in [5.41, 5.74) is 2.96. The number of alkyl halides is 3. The van der Waals surface area contributed by atoms with Crippen LogP contribution in [0.5, 0.6) is 5.75 Å². The Labute approximate surface area is 182 Å². The third kappa shape index (κ3) is 3.30. The van der Waals surface area contributed by atoms with Crippen LogP contribution in [0.1, 0.15) is 44.2 Å². The Morgan fingerprint density at radius 3 is 2.37 bits per heavy atom. The van der Waals surface area contributed by atoms with E-state index >= 15 is 0 Å². The van der Waals surface area contributed by atoms with E-state index < -0.39 is 6.36 Å². The molecule has 0 radical (unpaired) electrons. The van der Waals surface area contributed by atoms with Gasteiger partial charge in [0.2, 0.25) is 0 Å². The van der Waals surface area contributed by atoms with Crippen LogP contribution in [0.15, 0.2) is 35.8 Å². The summed E-state index contributed by atoms with van der Waals surface area (Å²) >= 11 is 1.54. The second-order valence-corrected chi connectivity index (χ2v) is 10.0. The summed E-state index contributed by atoms with van der Waals surface area (Å²) < 4.78 is 43.9. The predicted octanol–water partition coefficient (Wildman–Crippen LogP) is 6.85. The molecule has 7 rings (SSSR count). The molecule has 2 aromatic heterocycles. The lowest BCUT2D eigenvalue weighted by Gasteiger charge is -2.56. The fraction of sp³-hybridized carbons (Fsp3) is 0.500. The standard InChI is InChI=1S/C22H21F3N2OS.ClH/c23-22(24,25)28-17-3-1-2-16(7-17)18-12-29-20-26-19(11-27(18)20)21-8-13-4-14(9-21)6-15(5-13)10-21;/h1-3,7,11-15H,4-6,8-10H2;1H. The van der Waals surface area contributed by atoms with Crippen LogP contribution in [0.3, 0.4) is 0 Å². The van der Waals surface area contributed by atoms with Crippen molar-refractivity contribution in [1.29, 1.82) is 0 Å². The quantitative estimate of drug-likeness (QED) is 0.432. The molecular weight excluding hydrogens is 433 g/mol. The molecule has 4 fully saturated rings. The van der Waals surface area contributed by atoms with Crippen LogP contribution >= 0.6 is 23.7 Å². The van der Waals surface area contributed by atoms with Gasteiger partial charge in [-0.05, 0) is 68.4 Å². The summed E-state index contributed by atoms with van der Waals surface area (Å²) in [7, 11) is 0. The zero-order valence-electron chi connectivity index (χ0n) is 16.2. The Bertz CT molecular complexity index is 1050. The van der Waals surface area contributed by atoms with Crippen LogP contribution in [0.4, 0.5) is 13.2 Å². The number of nitrogens with zero attached hydrogens (tertiary/aromatic N) is 2. The Morgan fingerprint density at radius 2 is 1.73 bits per heavy atom. The van der Waals surface area contributed by atoms with E-state index in [0.717, 1.165) is 28.4 Å². The maximum Gasteiger partial charge on any atom is 0.573 e. The Balaban J connectivity index is 0.00000193. The lowest BCUT2D eigenvalue weighted by molar-refractivity contribution is -0.274. The van der Waals surface area contributed by atoms with Crippen molar-refractivity contribution in [1.82, 2.24) is 9.38 Å². The molecule has 30 heavy (non-hydrogen) atoms. The third-order valence-electron chi connectivity index (χ3n) is 7.15. The zero-order chi connectivity index (χ0) is 19.8. The van der Waals surface area contributed by atoms with E-state index in [1.54, 1.807) is 17.4 Å². The molecule has 0 saturated heterocycles. The molecule has 4 saturated carbocycles. The molecule has 0 atom stereocenters. The number of thiazole rings is 1. The van der Waals surface area contributed by atoms with E-state index in [1.165, 1.54) is 56.4 Å². The summed E-state index contributed by atoms with van der Waals surface area (Å²) in [5, 5.41) is 1.96. The fourth-order valence-electron chi connectivity index (χ4n) is 6.52. The second-order valence-electron chi connectivity index (χ2n) is 9.17. The molecule has 0 spiro atoms. The lowest BCUT2D eigenvalue weighted by Crippen LogP contribution is -2.48. The van der Waals surface area contributed by atoms with Crippen molar-refractivity contribution < 1.29 is 17.9 Å². The van der Waals surface area contributed by atoms with Gasteiger partial charge in [0, 0.05) is 22.6 Å². The molecule has 0 aliphatic heterocycles. The van der Waals surface area contributed by atoms with E-state index in [1.807, 2.05) is 15.8 Å². The van der Waals surface area contributed by atoms with Crippen molar-refractivity contribution >= 4 is 28.7 Å². The van der Waals surface area contributed by atoms with E-state index in [9.17, 15) is 13.2 Å². The minimum atomic E-state index is -4.69. The van der Waals surface area contributed by atoms with Crippen molar-refractivity contribution in [2.24, 2.45) is 17.8 Å². The van der Waals surface area contributed by atoms with Crippen LogP contribution in [0.25, 0.3) is 16.2 Å². The highest BCUT2D eigenvalue weighted by atomic mass is 35.5. The van der Waals surface area contributed by atoms with Gasteiger partial charge in [0.05, 0.1) is 11.4 Å². The largest absolute Gasteiger partial charge is 0.573 e. The van der Waals surface area contributed by atoms with Crippen LogP contribution in [0.2, 0.25) is 0 Å². The molecular formula is C22H22ClF3N2OS. The highest BCUT2D eigenvalue weighted by Crippen LogP contribution is 2.60. The second kappa shape index (κ2) is 6.89. The highest BCUT2D eigenvalue weighted by Gasteiger charge is 2.52. The molecule has 0 unspecified atom stereocenters. The summed E-state index contributed by atoms with van der Waals surface area (Å²) in [4.78, 5) is 5.91. The number of ether oxygens (including phenoxy) is 1. The van der Waals surface area contributed by atoms with Gasteiger partial charge in [-0.1, -0.05) is 12.1 Å². The molecule has 160 valence electrons. The summed E-state index contributed by atoms with van der Waals surface area (Å²) in [6.45, 7) is 0. The zero-order valence-corrected chi connectivity index (χ0v) is 17.8. The van der Waals surface area contributed by atoms with Crippen LogP contribution < -0.4 is 4.74 Å². The van der Waals surface area contributed by atoms with Crippen molar-refractivity contribution in [2.45, 2.75) is 50.3 Å². The van der Waals surface area contributed by atoms with Crippen molar-refractivity contribution in [3.8, 4) is 17.0 Å². The first-order valence-corrected chi connectivity index (χ1v) is 11.1. The molecule has 8 heteroatoms. The van der Waals surface area contributed by atoms with E-state index in [-0.39, 0.29) is 23.6 Å². The smallest absolute Gasteiger partial charge is 0.406 e. The lowest BCUT2D eigenvalue weighted by atomic mass is 9.49. The molecule has 4 bridgehead atoms. The number of rotatable bonds is 3. The summed E-state index contributed by atoms with van der Waals surface area (Å²) in [6.07, 6.45) is 5.35. The molecule has 4 aliphatic carbocycles. The number of hydrogen-bond donors (Lipinski definition) is 0. The number of hydrogen-bond acceptors (Lipinski definition) is 3. The summed E-state index contributed by atoms with van der Waals surface area (Å²) in [5.74, 6) is 2.33. The Kier molecular flexibility index (Phi) is 4.64. The fourth-order valence-corrected chi connectivity index (χ4v) is 7.41. The molecule has 3 nitrogen and oxygen atoms in total. The molecule has 0 amide bonds. The first kappa shape index (κ1) is 20.2. The van der Waals surface area contributed by atoms with Crippen LogP contribution in [-0.2, 0) is 5.41 Å². The first-order chi connectivity index (χ1) is 13.9. The highest BCUT2D eigenvalue weighted by molar-refractivity contribution is 7.15. The molecule has 1 aromatic carbocycles. The molecule has 4 aliphatic rings. The first-order valence-electron chi connectivity index (χ1n) is 10.2. The van der Waals surface area contributed by atoms with Crippen molar-refractivity contribution in [2.75, 3.05) is 0 Å². The van der Waals surface area contributed by atoms with Gasteiger partial charge in [-0.3, -0.25) is 4.40 Å². The predicted molar refractivity (Wildman–Crippen MR) is 112 cm³/mol. The van der Waals surface area contributed by atoms with Crippen LogP contribution in [-0.4, -0.2) is 15.7 Å². The van der Waals surface area contributed by atoms with Gasteiger partial charge >= 0.3 is 6.36 Å². The van der Waals surface area contributed by atoms with Gasteiger partial charge < -0.3 is 4.74 Å². The van der Waals surface area contributed by atoms with Gasteiger partial charge in [-0.25, -0.2) is 4.98 Å². The topological polar surface area (TPSA) is 26.5 Å². The van der Waals surface area contributed by atoms with Crippen molar-refractivity contribution in [3.63, 3.8) is 0 Å².